The molecule has 0 aliphatic carbocycles. The van der Waals surface area contributed by atoms with Crippen LogP contribution in [0.5, 0.6) is 0 Å². The number of Topliss-reactive ketones (excluding diaryl/α,β-unsaturated/α-hetero) is 1. The molecule has 116 valence electrons. The van der Waals surface area contributed by atoms with Crippen LogP contribution in [0.3, 0.4) is 0 Å². The zero-order chi connectivity index (χ0) is 15.8. The number of ketones is 1. The van der Waals surface area contributed by atoms with Crippen LogP contribution in [0.1, 0.15) is 32.8 Å². The van der Waals surface area contributed by atoms with E-state index in [1.165, 1.54) is 0 Å². The Balaban J connectivity index is 2.37. The van der Waals surface area contributed by atoms with Crippen LogP contribution in [0.2, 0.25) is 0 Å². The van der Waals surface area contributed by atoms with Crippen LogP contribution < -0.4 is 10.6 Å². The molecule has 1 atom stereocenters. The summed E-state index contributed by atoms with van der Waals surface area (Å²) in [6.45, 7) is 5.80. The highest BCUT2D eigenvalue weighted by Gasteiger charge is 2.17. The first kappa shape index (κ1) is 17.0. The summed E-state index contributed by atoms with van der Waals surface area (Å²) in [6.07, 6.45) is -0.121. The predicted octanol–water partition coefficient (Wildman–Crippen LogP) is 2.96. The van der Waals surface area contributed by atoms with E-state index in [4.69, 9.17) is 4.74 Å². The SMILES string of the molecule is CNc1ccc(COC(=O)NC(C)C(=O)CC(C)C)cc1. The van der Waals surface area contributed by atoms with Gasteiger partial charge >= 0.3 is 6.09 Å². The maximum atomic E-state index is 11.8. The summed E-state index contributed by atoms with van der Waals surface area (Å²) in [5.41, 5.74) is 1.89. The van der Waals surface area contributed by atoms with E-state index >= 15 is 0 Å². The van der Waals surface area contributed by atoms with E-state index in [1.54, 1.807) is 6.92 Å². The molecule has 2 N–H and O–H groups in total. The molecule has 0 spiro atoms. The third kappa shape index (κ3) is 6.29. The number of carbonyl (C=O) groups is 2. The highest BCUT2D eigenvalue weighted by molar-refractivity contribution is 5.87. The van der Waals surface area contributed by atoms with Gasteiger partial charge in [-0.3, -0.25) is 4.79 Å². The monoisotopic (exact) mass is 292 g/mol. The molecule has 0 fully saturated rings. The highest BCUT2D eigenvalue weighted by Crippen LogP contribution is 2.09. The summed E-state index contributed by atoms with van der Waals surface area (Å²) >= 11 is 0. The molecule has 5 nitrogen and oxygen atoms in total. The number of hydrogen-bond donors (Lipinski definition) is 2. The number of nitrogens with one attached hydrogen (secondary N) is 2. The smallest absolute Gasteiger partial charge is 0.408 e. The Morgan fingerprint density at radius 2 is 1.76 bits per heavy atom. The number of amides is 1. The van der Waals surface area contributed by atoms with E-state index < -0.39 is 12.1 Å². The summed E-state index contributed by atoms with van der Waals surface area (Å²) < 4.78 is 5.10. The van der Waals surface area contributed by atoms with Crippen molar-refractivity contribution in [3.05, 3.63) is 29.8 Å². The van der Waals surface area contributed by atoms with E-state index in [9.17, 15) is 9.59 Å². The van der Waals surface area contributed by atoms with Gasteiger partial charge in [-0.15, -0.1) is 0 Å². The van der Waals surface area contributed by atoms with Gasteiger partial charge in [0.05, 0.1) is 6.04 Å². The normalized spacial score (nSPS) is 11.9. The molecule has 0 heterocycles. The number of carbonyl (C=O) groups excluding carboxylic acids is 2. The summed E-state index contributed by atoms with van der Waals surface area (Å²) in [6, 6.07) is 7.06. The molecule has 0 saturated carbocycles. The molecule has 1 rings (SSSR count). The summed E-state index contributed by atoms with van der Waals surface area (Å²) in [7, 11) is 1.84. The quantitative estimate of drug-likeness (QED) is 0.811. The van der Waals surface area contributed by atoms with Gasteiger partial charge in [0.15, 0.2) is 5.78 Å². The fourth-order valence-electron chi connectivity index (χ4n) is 1.79. The van der Waals surface area contributed by atoms with Gasteiger partial charge in [-0.1, -0.05) is 26.0 Å². The van der Waals surface area contributed by atoms with Gasteiger partial charge in [0.25, 0.3) is 0 Å². The van der Waals surface area contributed by atoms with Crippen LogP contribution in [-0.4, -0.2) is 25.0 Å². The minimum Gasteiger partial charge on any atom is -0.445 e. The van der Waals surface area contributed by atoms with Gasteiger partial charge in [-0.05, 0) is 30.5 Å². The van der Waals surface area contributed by atoms with Crippen molar-refractivity contribution in [2.24, 2.45) is 5.92 Å². The van der Waals surface area contributed by atoms with Crippen LogP contribution in [0.15, 0.2) is 24.3 Å². The number of alkyl carbamates (subject to hydrolysis) is 1. The maximum Gasteiger partial charge on any atom is 0.408 e. The molecule has 0 aliphatic heterocycles. The van der Waals surface area contributed by atoms with Crippen molar-refractivity contribution in [3.63, 3.8) is 0 Å². The van der Waals surface area contributed by atoms with E-state index in [2.05, 4.69) is 10.6 Å². The number of benzene rings is 1. The number of hydrogen-bond acceptors (Lipinski definition) is 4. The number of ether oxygens (including phenoxy) is 1. The van der Waals surface area contributed by atoms with Crippen molar-refractivity contribution in [3.8, 4) is 0 Å². The Morgan fingerprint density at radius 3 is 2.29 bits per heavy atom. The lowest BCUT2D eigenvalue weighted by atomic mass is 10.0. The molecule has 0 saturated heterocycles. The van der Waals surface area contributed by atoms with Gasteiger partial charge in [-0.2, -0.15) is 0 Å². The lowest BCUT2D eigenvalue weighted by Gasteiger charge is -2.14. The van der Waals surface area contributed by atoms with Crippen molar-refractivity contribution in [1.29, 1.82) is 0 Å². The predicted molar refractivity (Wildman–Crippen MR) is 83.2 cm³/mol. The molecule has 21 heavy (non-hydrogen) atoms. The molecular formula is C16H24N2O3. The molecular weight excluding hydrogens is 268 g/mol. The van der Waals surface area contributed by atoms with Crippen LogP contribution in [-0.2, 0) is 16.1 Å². The summed E-state index contributed by atoms with van der Waals surface area (Å²) in [5, 5.41) is 5.57. The second kappa shape index (κ2) is 8.29. The number of anilines is 1. The molecule has 0 radical (unpaired) electrons. The summed E-state index contributed by atoms with van der Waals surface area (Å²) in [4.78, 5) is 23.4. The van der Waals surface area contributed by atoms with E-state index in [0.717, 1.165) is 11.3 Å². The molecule has 1 aromatic rings. The molecule has 1 amide bonds. The fraction of sp³-hybridized carbons (Fsp3) is 0.500. The molecule has 5 heteroatoms. The van der Waals surface area contributed by atoms with Gasteiger partial charge in [0.1, 0.15) is 6.61 Å². The van der Waals surface area contributed by atoms with Crippen LogP contribution in [0.4, 0.5) is 10.5 Å². The molecule has 0 bridgehead atoms. The lowest BCUT2D eigenvalue weighted by Crippen LogP contribution is -2.39. The molecule has 0 aliphatic rings. The zero-order valence-corrected chi connectivity index (χ0v) is 13.1. The Morgan fingerprint density at radius 1 is 1.14 bits per heavy atom. The Kier molecular flexibility index (Phi) is 6.72. The average molecular weight is 292 g/mol. The molecule has 0 aromatic heterocycles. The Bertz CT molecular complexity index is 469. The number of rotatable bonds is 7. The van der Waals surface area contributed by atoms with Crippen molar-refractivity contribution in [1.82, 2.24) is 5.32 Å². The first-order chi connectivity index (χ1) is 9.92. The minimum atomic E-state index is -0.572. The third-order valence-electron chi connectivity index (χ3n) is 3.04. The second-order valence-corrected chi connectivity index (χ2v) is 5.45. The van der Waals surface area contributed by atoms with Crippen molar-refractivity contribution >= 4 is 17.6 Å². The van der Waals surface area contributed by atoms with Gasteiger partial charge < -0.3 is 15.4 Å². The van der Waals surface area contributed by atoms with E-state index in [0.29, 0.717) is 6.42 Å². The summed E-state index contributed by atoms with van der Waals surface area (Å²) in [5.74, 6) is 0.295. The van der Waals surface area contributed by atoms with Crippen LogP contribution in [0.25, 0.3) is 0 Å². The maximum absolute atomic E-state index is 11.8. The third-order valence-corrected chi connectivity index (χ3v) is 3.04. The van der Waals surface area contributed by atoms with Crippen molar-refractivity contribution in [2.45, 2.75) is 39.8 Å². The highest BCUT2D eigenvalue weighted by atomic mass is 16.5. The minimum absolute atomic E-state index is 0.0142. The standard InChI is InChI=1S/C16H24N2O3/c1-11(2)9-15(19)12(3)18-16(20)21-10-13-5-7-14(17-4)8-6-13/h5-8,11-12,17H,9-10H2,1-4H3,(H,18,20). The average Bonchev–Trinajstić information content (AvgIpc) is 2.44. The second-order valence-electron chi connectivity index (χ2n) is 5.45. The topological polar surface area (TPSA) is 67.4 Å². The van der Waals surface area contributed by atoms with E-state index in [-0.39, 0.29) is 18.3 Å². The van der Waals surface area contributed by atoms with Gasteiger partial charge in [0.2, 0.25) is 0 Å². The molecule has 1 aromatic carbocycles. The van der Waals surface area contributed by atoms with Crippen molar-refractivity contribution < 1.29 is 14.3 Å². The first-order valence-electron chi connectivity index (χ1n) is 7.15. The van der Waals surface area contributed by atoms with Crippen molar-refractivity contribution in [2.75, 3.05) is 12.4 Å². The fourth-order valence-corrected chi connectivity index (χ4v) is 1.79. The lowest BCUT2D eigenvalue weighted by molar-refractivity contribution is -0.121. The van der Waals surface area contributed by atoms with Gasteiger partial charge in [-0.25, -0.2) is 4.79 Å². The first-order valence-corrected chi connectivity index (χ1v) is 7.15. The Labute approximate surface area is 126 Å². The van der Waals surface area contributed by atoms with Crippen LogP contribution >= 0.6 is 0 Å². The zero-order valence-electron chi connectivity index (χ0n) is 13.1. The molecule has 1 unspecified atom stereocenters. The van der Waals surface area contributed by atoms with Crippen LogP contribution in [0, 0.1) is 5.92 Å². The van der Waals surface area contributed by atoms with E-state index in [1.807, 2.05) is 45.2 Å². The Hall–Kier alpha value is -2.04. The largest absolute Gasteiger partial charge is 0.445 e. The van der Waals surface area contributed by atoms with Gasteiger partial charge in [0, 0.05) is 19.2 Å².